The summed E-state index contributed by atoms with van der Waals surface area (Å²) in [6.07, 6.45) is 0. The van der Waals surface area contributed by atoms with E-state index in [1.54, 1.807) is 18.2 Å². The molecule has 0 saturated carbocycles. The fourth-order valence-electron chi connectivity index (χ4n) is 2.38. The van der Waals surface area contributed by atoms with Crippen LogP contribution in [-0.4, -0.2) is 51.7 Å². The van der Waals surface area contributed by atoms with Crippen LogP contribution in [0.3, 0.4) is 0 Å². The van der Waals surface area contributed by atoms with Crippen LogP contribution in [0, 0.1) is 0 Å². The molecule has 0 atom stereocenters. The van der Waals surface area contributed by atoms with Gasteiger partial charge >= 0.3 is 0 Å². The molecule has 0 bridgehead atoms. The molecule has 0 amide bonds. The summed E-state index contributed by atoms with van der Waals surface area (Å²) in [7, 11) is -3.56. The summed E-state index contributed by atoms with van der Waals surface area (Å²) in [5, 5.41) is 0.234. The van der Waals surface area contributed by atoms with E-state index in [-0.39, 0.29) is 15.5 Å². The van der Waals surface area contributed by atoms with Gasteiger partial charge in [0.15, 0.2) is 0 Å². The van der Waals surface area contributed by atoms with Crippen LogP contribution in [0.1, 0.15) is 13.8 Å². The number of halogens is 1. The average Bonchev–Trinajstić information content (AvgIpc) is 2.37. The SMILES string of the molecule is CC1(C)CN(CCNS(=O)(=O)c2ccccc2Cl)CCO1. The fraction of sp³-hybridized carbons (Fsp3) is 0.571. The third kappa shape index (κ3) is 4.66. The second-order valence-corrected chi connectivity index (χ2v) is 7.86. The first-order valence-electron chi connectivity index (χ1n) is 6.91. The number of nitrogens with zero attached hydrogens (tertiary/aromatic N) is 1. The lowest BCUT2D eigenvalue weighted by atomic mass is 10.1. The maximum absolute atomic E-state index is 12.2. The van der Waals surface area contributed by atoms with Crippen molar-refractivity contribution in [2.24, 2.45) is 0 Å². The lowest BCUT2D eigenvalue weighted by molar-refractivity contribution is -0.0851. The molecule has 0 spiro atoms. The molecule has 1 saturated heterocycles. The maximum Gasteiger partial charge on any atom is 0.242 e. The number of sulfonamides is 1. The van der Waals surface area contributed by atoms with Gasteiger partial charge in [0, 0.05) is 26.2 Å². The molecular weight excluding hydrogens is 312 g/mol. The van der Waals surface area contributed by atoms with Crippen molar-refractivity contribution in [2.75, 3.05) is 32.8 Å². The number of benzene rings is 1. The molecule has 7 heteroatoms. The standard InChI is InChI=1S/C14H21ClN2O3S/c1-14(2)11-17(9-10-20-14)8-7-16-21(18,19)13-6-4-3-5-12(13)15/h3-6,16H,7-11H2,1-2H3. The molecule has 1 N–H and O–H groups in total. The van der Waals surface area contributed by atoms with E-state index in [1.165, 1.54) is 6.07 Å². The van der Waals surface area contributed by atoms with Crippen molar-refractivity contribution in [1.29, 1.82) is 0 Å². The van der Waals surface area contributed by atoms with Gasteiger partial charge in [-0.25, -0.2) is 13.1 Å². The summed E-state index contributed by atoms with van der Waals surface area (Å²) in [6.45, 7) is 7.35. The molecule has 21 heavy (non-hydrogen) atoms. The summed E-state index contributed by atoms with van der Waals surface area (Å²) in [5.74, 6) is 0. The Labute approximate surface area is 131 Å². The molecule has 1 aromatic rings. The van der Waals surface area contributed by atoms with Crippen LogP contribution < -0.4 is 4.72 Å². The Balaban J connectivity index is 1.90. The first-order chi connectivity index (χ1) is 9.80. The fourth-order valence-corrected chi connectivity index (χ4v) is 3.92. The number of morpholine rings is 1. The number of nitrogens with one attached hydrogen (secondary N) is 1. The van der Waals surface area contributed by atoms with Gasteiger partial charge in [-0.3, -0.25) is 4.90 Å². The number of hydrogen-bond donors (Lipinski definition) is 1. The quantitative estimate of drug-likeness (QED) is 0.892. The number of hydrogen-bond acceptors (Lipinski definition) is 4. The van der Waals surface area contributed by atoms with E-state index in [4.69, 9.17) is 16.3 Å². The molecule has 0 aliphatic carbocycles. The third-order valence-electron chi connectivity index (χ3n) is 3.35. The van der Waals surface area contributed by atoms with Crippen molar-refractivity contribution >= 4 is 21.6 Å². The molecule has 2 rings (SSSR count). The van der Waals surface area contributed by atoms with Gasteiger partial charge in [-0.1, -0.05) is 23.7 Å². The largest absolute Gasteiger partial charge is 0.373 e. The lowest BCUT2D eigenvalue weighted by Crippen LogP contribution is -2.50. The van der Waals surface area contributed by atoms with Crippen molar-refractivity contribution in [2.45, 2.75) is 24.3 Å². The molecule has 1 aliphatic rings. The summed E-state index contributed by atoms with van der Waals surface area (Å²) in [4.78, 5) is 2.31. The van der Waals surface area contributed by atoms with Gasteiger partial charge in [0.1, 0.15) is 4.90 Å². The van der Waals surface area contributed by atoms with E-state index in [1.807, 2.05) is 13.8 Å². The summed E-state index contributed by atoms with van der Waals surface area (Å²) in [6, 6.07) is 6.44. The molecular formula is C14H21ClN2O3S. The predicted molar refractivity (Wildman–Crippen MR) is 83.1 cm³/mol. The van der Waals surface area contributed by atoms with Crippen molar-refractivity contribution in [3.05, 3.63) is 29.3 Å². The summed E-state index contributed by atoms with van der Waals surface area (Å²) in [5.41, 5.74) is -0.181. The van der Waals surface area contributed by atoms with Crippen molar-refractivity contribution in [3.8, 4) is 0 Å². The summed E-state index contributed by atoms with van der Waals surface area (Å²) >= 11 is 5.93. The van der Waals surface area contributed by atoms with Gasteiger partial charge < -0.3 is 4.74 Å². The maximum atomic E-state index is 12.2. The second kappa shape index (κ2) is 6.62. The highest BCUT2D eigenvalue weighted by Crippen LogP contribution is 2.20. The van der Waals surface area contributed by atoms with Crippen LogP contribution in [0.4, 0.5) is 0 Å². The van der Waals surface area contributed by atoms with E-state index in [2.05, 4.69) is 9.62 Å². The molecule has 1 fully saturated rings. The smallest absolute Gasteiger partial charge is 0.242 e. The first-order valence-corrected chi connectivity index (χ1v) is 8.77. The van der Waals surface area contributed by atoms with E-state index in [0.717, 1.165) is 13.1 Å². The van der Waals surface area contributed by atoms with Gasteiger partial charge in [0.25, 0.3) is 0 Å². The second-order valence-electron chi connectivity index (χ2n) is 5.71. The Morgan fingerprint density at radius 2 is 2.10 bits per heavy atom. The van der Waals surface area contributed by atoms with Crippen LogP contribution >= 0.6 is 11.6 Å². The Kier molecular flexibility index (Phi) is 5.27. The van der Waals surface area contributed by atoms with Crippen molar-refractivity contribution in [3.63, 3.8) is 0 Å². The van der Waals surface area contributed by atoms with Crippen LogP contribution in [0.15, 0.2) is 29.2 Å². The van der Waals surface area contributed by atoms with E-state index in [9.17, 15) is 8.42 Å². The highest BCUT2D eigenvalue weighted by atomic mass is 35.5. The zero-order valence-corrected chi connectivity index (χ0v) is 13.9. The van der Waals surface area contributed by atoms with Crippen molar-refractivity contribution < 1.29 is 13.2 Å². The molecule has 0 radical (unpaired) electrons. The molecule has 0 unspecified atom stereocenters. The number of ether oxygens (including phenoxy) is 1. The van der Waals surface area contributed by atoms with Crippen molar-refractivity contribution in [1.82, 2.24) is 9.62 Å². The zero-order chi connectivity index (χ0) is 15.5. The molecule has 1 heterocycles. The van der Waals surface area contributed by atoms with Crippen LogP contribution in [-0.2, 0) is 14.8 Å². The predicted octanol–water partition coefficient (Wildman–Crippen LogP) is 1.73. The topological polar surface area (TPSA) is 58.6 Å². The average molecular weight is 333 g/mol. The molecule has 5 nitrogen and oxygen atoms in total. The highest BCUT2D eigenvalue weighted by Gasteiger charge is 2.27. The Bertz CT molecular complexity index is 590. The first kappa shape index (κ1) is 16.7. The summed E-state index contributed by atoms with van der Waals surface area (Å²) < 4.78 is 32.6. The minimum Gasteiger partial charge on any atom is -0.373 e. The third-order valence-corrected chi connectivity index (χ3v) is 5.31. The van der Waals surface area contributed by atoms with Gasteiger partial charge in [0.2, 0.25) is 10.0 Å². The molecule has 1 aliphatic heterocycles. The normalized spacial score (nSPS) is 19.6. The van der Waals surface area contributed by atoms with Crippen LogP contribution in [0.5, 0.6) is 0 Å². The van der Waals surface area contributed by atoms with Gasteiger partial charge in [0.05, 0.1) is 17.2 Å². The number of rotatable bonds is 5. The van der Waals surface area contributed by atoms with E-state index < -0.39 is 10.0 Å². The minimum atomic E-state index is -3.56. The zero-order valence-electron chi connectivity index (χ0n) is 12.3. The minimum absolute atomic E-state index is 0.119. The van der Waals surface area contributed by atoms with Gasteiger partial charge in [-0.2, -0.15) is 0 Å². The van der Waals surface area contributed by atoms with Gasteiger partial charge in [-0.05, 0) is 26.0 Å². The van der Waals surface area contributed by atoms with E-state index in [0.29, 0.717) is 19.7 Å². The Morgan fingerprint density at radius 3 is 2.76 bits per heavy atom. The van der Waals surface area contributed by atoms with Crippen LogP contribution in [0.25, 0.3) is 0 Å². The molecule has 1 aromatic carbocycles. The lowest BCUT2D eigenvalue weighted by Gasteiger charge is -2.38. The highest BCUT2D eigenvalue weighted by molar-refractivity contribution is 7.89. The van der Waals surface area contributed by atoms with Crippen LogP contribution in [0.2, 0.25) is 5.02 Å². The molecule has 0 aromatic heterocycles. The monoisotopic (exact) mass is 332 g/mol. The van der Waals surface area contributed by atoms with Gasteiger partial charge in [-0.15, -0.1) is 0 Å². The molecule has 118 valence electrons. The Morgan fingerprint density at radius 1 is 1.38 bits per heavy atom. The Hall–Kier alpha value is -0.660. The van der Waals surface area contributed by atoms with E-state index >= 15 is 0 Å².